The number of aliphatic hydroxyl groups is 1. The van der Waals surface area contributed by atoms with Crippen molar-refractivity contribution < 1.29 is 9.50 Å². The molecule has 0 saturated heterocycles. The Morgan fingerprint density at radius 3 is 2.59 bits per heavy atom. The summed E-state index contributed by atoms with van der Waals surface area (Å²) in [5.41, 5.74) is 3.35. The van der Waals surface area contributed by atoms with Crippen LogP contribution in [-0.4, -0.2) is 22.5 Å². The van der Waals surface area contributed by atoms with Crippen LogP contribution in [0.4, 0.5) is 10.1 Å². The van der Waals surface area contributed by atoms with Crippen molar-refractivity contribution in [3.63, 3.8) is 0 Å². The highest BCUT2D eigenvalue weighted by molar-refractivity contribution is 7.13. The summed E-state index contributed by atoms with van der Waals surface area (Å²) >= 11 is 1.45. The van der Waals surface area contributed by atoms with E-state index in [0.29, 0.717) is 21.8 Å². The van der Waals surface area contributed by atoms with Gasteiger partial charge in [-0.25, -0.2) is 9.37 Å². The van der Waals surface area contributed by atoms with E-state index in [1.165, 1.54) is 17.4 Å². The second-order valence-corrected chi connectivity index (χ2v) is 7.68. The molecule has 0 aliphatic carbocycles. The summed E-state index contributed by atoms with van der Waals surface area (Å²) in [5, 5.41) is 19.6. The van der Waals surface area contributed by atoms with Gasteiger partial charge in [0.25, 0.3) is 0 Å². The van der Waals surface area contributed by atoms with Crippen molar-refractivity contribution in [2.24, 2.45) is 0 Å². The highest BCUT2D eigenvalue weighted by Crippen LogP contribution is 2.36. The molecule has 1 aliphatic heterocycles. The van der Waals surface area contributed by atoms with E-state index in [0.717, 1.165) is 16.1 Å². The van der Waals surface area contributed by atoms with E-state index in [9.17, 15) is 9.50 Å². The maximum Gasteiger partial charge on any atom is 0.139 e. The Morgan fingerprint density at radius 1 is 1.15 bits per heavy atom. The fourth-order valence-corrected chi connectivity index (χ4v) is 4.15. The van der Waals surface area contributed by atoms with Crippen molar-refractivity contribution in [2.75, 3.05) is 11.4 Å². The number of rotatable bonds is 3. The highest BCUT2D eigenvalue weighted by Gasteiger charge is 2.32. The van der Waals surface area contributed by atoms with Crippen molar-refractivity contribution in [1.82, 2.24) is 4.98 Å². The standard InChI is InChI=1S/C21H18FN3OS/c1-12-8-9-15(10-16(12)22)25-11-17(26)18(20(25)23)21-24-19(13(2)27-21)14-6-4-3-5-7-14/h3-10,23,26H,11H2,1-2H3. The van der Waals surface area contributed by atoms with Crippen LogP contribution in [0, 0.1) is 25.1 Å². The molecule has 0 unspecified atom stereocenters. The first-order valence-electron chi connectivity index (χ1n) is 8.53. The van der Waals surface area contributed by atoms with Crippen LogP contribution in [0.2, 0.25) is 0 Å². The monoisotopic (exact) mass is 379 g/mol. The molecule has 1 aromatic heterocycles. The number of thiazole rings is 1. The van der Waals surface area contributed by atoms with Gasteiger partial charge in [-0.2, -0.15) is 0 Å². The number of aromatic nitrogens is 1. The molecule has 0 fully saturated rings. The Bertz CT molecular complexity index is 1070. The van der Waals surface area contributed by atoms with Gasteiger partial charge in [0.2, 0.25) is 0 Å². The number of amidine groups is 1. The predicted octanol–water partition coefficient (Wildman–Crippen LogP) is 5.33. The van der Waals surface area contributed by atoms with Crippen molar-refractivity contribution in [1.29, 1.82) is 5.41 Å². The lowest BCUT2D eigenvalue weighted by Crippen LogP contribution is -2.26. The molecule has 0 radical (unpaired) electrons. The maximum atomic E-state index is 13.9. The Labute approximate surface area is 160 Å². The van der Waals surface area contributed by atoms with Crippen molar-refractivity contribution in [3.05, 3.63) is 75.6 Å². The van der Waals surface area contributed by atoms with Crippen LogP contribution in [-0.2, 0) is 0 Å². The zero-order valence-corrected chi connectivity index (χ0v) is 15.8. The average molecular weight is 379 g/mol. The lowest BCUT2D eigenvalue weighted by molar-refractivity contribution is 0.411. The highest BCUT2D eigenvalue weighted by atomic mass is 32.1. The molecule has 0 atom stereocenters. The zero-order valence-electron chi connectivity index (χ0n) is 15.0. The quantitative estimate of drug-likeness (QED) is 0.646. The smallest absolute Gasteiger partial charge is 0.139 e. The molecule has 3 aromatic rings. The van der Waals surface area contributed by atoms with Gasteiger partial charge in [-0.15, -0.1) is 11.3 Å². The largest absolute Gasteiger partial charge is 0.510 e. The van der Waals surface area contributed by atoms with Gasteiger partial charge < -0.3 is 10.0 Å². The Kier molecular flexibility index (Phi) is 4.28. The molecule has 4 rings (SSSR count). The lowest BCUT2D eigenvalue weighted by Gasteiger charge is -2.19. The Hall–Kier alpha value is -2.99. The van der Waals surface area contributed by atoms with Gasteiger partial charge in [-0.3, -0.25) is 5.41 Å². The molecular formula is C21H18FN3OS. The number of benzene rings is 2. The Balaban J connectivity index is 1.69. The summed E-state index contributed by atoms with van der Waals surface area (Å²) in [4.78, 5) is 7.29. The minimum Gasteiger partial charge on any atom is -0.510 e. The molecule has 6 heteroatoms. The number of nitrogens with one attached hydrogen (secondary N) is 1. The van der Waals surface area contributed by atoms with Gasteiger partial charge in [0.1, 0.15) is 22.4 Å². The number of aryl methyl sites for hydroxylation is 2. The fourth-order valence-electron chi connectivity index (χ4n) is 3.14. The molecule has 0 bridgehead atoms. The van der Waals surface area contributed by atoms with E-state index in [-0.39, 0.29) is 24.0 Å². The summed E-state index contributed by atoms with van der Waals surface area (Å²) < 4.78 is 13.9. The van der Waals surface area contributed by atoms with E-state index < -0.39 is 0 Å². The molecule has 1 aliphatic rings. The topological polar surface area (TPSA) is 60.2 Å². The van der Waals surface area contributed by atoms with E-state index in [2.05, 4.69) is 4.98 Å². The van der Waals surface area contributed by atoms with E-state index in [4.69, 9.17) is 5.41 Å². The second-order valence-electron chi connectivity index (χ2n) is 6.48. The second kappa shape index (κ2) is 6.63. The van der Waals surface area contributed by atoms with E-state index in [1.54, 1.807) is 24.0 Å². The van der Waals surface area contributed by atoms with Crippen LogP contribution < -0.4 is 4.90 Å². The van der Waals surface area contributed by atoms with E-state index in [1.807, 2.05) is 37.3 Å². The van der Waals surface area contributed by atoms with E-state index >= 15 is 0 Å². The van der Waals surface area contributed by atoms with Gasteiger partial charge in [0.15, 0.2) is 0 Å². The summed E-state index contributed by atoms with van der Waals surface area (Å²) in [5.74, 6) is -0.122. The van der Waals surface area contributed by atoms with Gasteiger partial charge in [-0.1, -0.05) is 36.4 Å². The number of halogens is 1. The molecule has 0 saturated carbocycles. The third-order valence-electron chi connectivity index (χ3n) is 4.63. The molecule has 27 heavy (non-hydrogen) atoms. The maximum absolute atomic E-state index is 13.9. The molecule has 4 nitrogen and oxygen atoms in total. The van der Waals surface area contributed by atoms with Gasteiger partial charge >= 0.3 is 0 Å². The van der Waals surface area contributed by atoms with Gasteiger partial charge in [-0.05, 0) is 31.5 Å². The average Bonchev–Trinajstić information content (AvgIpc) is 3.17. The van der Waals surface area contributed by atoms with Crippen molar-refractivity contribution in [3.8, 4) is 11.3 Å². The molecule has 2 aromatic carbocycles. The van der Waals surface area contributed by atoms with Crippen LogP contribution in [0.5, 0.6) is 0 Å². The van der Waals surface area contributed by atoms with Crippen LogP contribution in [0.3, 0.4) is 0 Å². The third-order valence-corrected chi connectivity index (χ3v) is 5.62. The number of aliphatic hydroxyl groups excluding tert-OH is 1. The minimum absolute atomic E-state index is 0.0781. The van der Waals surface area contributed by atoms with Crippen LogP contribution in [0.1, 0.15) is 15.4 Å². The number of anilines is 1. The van der Waals surface area contributed by atoms with Crippen molar-refractivity contribution >= 4 is 28.4 Å². The number of nitrogens with zero attached hydrogens (tertiary/aromatic N) is 2. The SMILES string of the molecule is Cc1ccc(N2CC(O)=C(c3nc(-c4ccccc4)c(C)s3)C2=N)cc1F. The molecule has 2 heterocycles. The molecule has 0 amide bonds. The number of hydrogen-bond donors (Lipinski definition) is 2. The lowest BCUT2D eigenvalue weighted by atomic mass is 10.1. The van der Waals surface area contributed by atoms with Crippen LogP contribution >= 0.6 is 11.3 Å². The molecule has 136 valence electrons. The first-order chi connectivity index (χ1) is 13.0. The fraction of sp³-hybridized carbons (Fsp3) is 0.143. The van der Waals surface area contributed by atoms with Crippen LogP contribution in [0.25, 0.3) is 16.8 Å². The minimum atomic E-state index is -0.329. The molecule has 2 N–H and O–H groups in total. The first kappa shape index (κ1) is 17.4. The van der Waals surface area contributed by atoms with Gasteiger partial charge in [0, 0.05) is 16.1 Å². The first-order valence-corrected chi connectivity index (χ1v) is 9.35. The Morgan fingerprint density at radius 2 is 1.89 bits per heavy atom. The summed E-state index contributed by atoms with van der Waals surface area (Å²) in [6, 6.07) is 14.7. The van der Waals surface area contributed by atoms with Crippen molar-refractivity contribution in [2.45, 2.75) is 13.8 Å². The molecule has 0 spiro atoms. The summed E-state index contributed by atoms with van der Waals surface area (Å²) in [6.07, 6.45) is 0. The predicted molar refractivity (Wildman–Crippen MR) is 108 cm³/mol. The summed E-state index contributed by atoms with van der Waals surface area (Å²) in [6.45, 7) is 3.81. The van der Waals surface area contributed by atoms with Gasteiger partial charge in [0.05, 0.1) is 17.8 Å². The molecular weight excluding hydrogens is 361 g/mol. The zero-order chi connectivity index (χ0) is 19.1. The number of hydrogen-bond acceptors (Lipinski definition) is 4. The summed E-state index contributed by atoms with van der Waals surface area (Å²) in [7, 11) is 0. The third kappa shape index (κ3) is 3.02. The normalized spacial score (nSPS) is 14.3. The van der Waals surface area contributed by atoms with Crippen LogP contribution in [0.15, 0.2) is 54.3 Å².